The lowest BCUT2D eigenvalue weighted by atomic mass is 9.95. The third-order valence-electron chi connectivity index (χ3n) is 15.6. The Hall–Kier alpha value is -7.22. The molecule has 11 rings (SSSR count). The van der Waals surface area contributed by atoms with Crippen molar-refractivity contribution in [3.05, 3.63) is 300 Å². The highest BCUT2D eigenvalue weighted by atomic mass is 16.8. The topological polar surface area (TPSA) is 140 Å². The van der Waals surface area contributed by atoms with Gasteiger partial charge in [-0.05, 0) is 50.6 Å². The van der Waals surface area contributed by atoms with Crippen molar-refractivity contribution < 1.29 is 66.7 Å². The first-order valence-electron chi connectivity index (χ1n) is 30.3. The van der Waals surface area contributed by atoms with Crippen molar-refractivity contribution in [2.45, 2.75) is 133 Å². The van der Waals surface area contributed by atoms with Gasteiger partial charge >= 0.3 is 0 Å². The van der Waals surface area contributed by atoms with E-state index in [1.807, 2.05) is 249 Å². The van der Waals surface area contributed by atoms with E-state index in [9.17, 15) is 5.11 Å². The van der Waals surface area contributed by atoms with Gasteiger partial charge in [-0.1, -0.05) is 243 Å². The molecule has 0 amide bonds. The van der Waals surface area contributed by atoms with Crippen LogP contribution in [-0.2, 0) is 114 Å². The predicted octanol–water partition coefficient (Wildman–Crippen LogP) is 12.1. The smallest absolute Gasteiger partial charge is 0.187 e. The summed E-state index contributed by atoms with van der Waals surface area (Å²) in [4.78, 5) is 0. The van der Waals surface area contributed by atoms with Crippen LogP contribution < -0.4 is 0 Å². The molecule has 1 N–H and O–H groups in total. The molecule has 13 atom stereocenters. The quantitative estimate of drug-likeness (QED) is 0.0441. The number of hydrogen-bond donors (Lipinski definition) is 1. The van der Waals surface area contributed by atoms with Crippen molar-refractivity contribution in [2.75, 3.05) is 19.8 Å². The lowest BCUT2D eigenvalue weighted by Gasteiger charge is -2.50. The van der Waals surface area contributed by atoms with Crippen LogP contribution in [0.5, 0.6) is 0 Å². The van der Waals surface area contributed by atoms with Crippen LogP contribution in [-0.4, -0.2) is 105 Å². The second-order valence-corrected chi connectivity index (χ2v) is 22.1. The standard InChI is InChI=1S/C74H78O14/c75-66-68(81-47-58-33-17-5-18-34-58)64(52-77-44-55-27-11-2-12-28-55)85-73(70(66)82-48-59-35-19-6-20-36-59)88-69-65(53-78-45-56-29-13-3-14-30-56)86-74(72(84-50-61-39-23-8-24-40-61)71(69)83-49-60-37-21-7-22-38-60)87-67-62(80-46-57-31-15-4-16-32-57)41-42-79-63(67)51-76-43-54-25-9-1-10-26-54/h1-42,62-75H,43-53H2/t62?,63?,64?,65?,66-,67-,68-,69-,70?,71-,72?,73+,74-/m0/s1. The zero-order valence-electron chi connectivity index (χ0n) is 49.3. The van der Waals surface area contributed by atoms with E-state index >= 15 is 0 Å². The number of hydrogen-bond acceptors (Lipinski definition) is 14. The average Bonchev–Trinajstić information content (AvgIpc) is 1.78. The van der Waals surface area contributed by atoms with Gasteiger partial charge in [0.25, 0.3) is 0 Å². The minimum atomic E-state index is -1.30. The lowest BCUT2D eigenvalue weighted by Crippen LogP contribution is -2.67. The Kier molecular flexibility index (Phi) is 23.7. The number of rotatable bonds is 31. The molecule has 14 heteroatoms. The zero-order chi connectivity index (χ0) is 59.8. The van der Waals surface area contributed by atoms with Crippen molar-refractivity contribution in [1.82, 2.24) is 0 Å². The van der Waals surface area contributed by atoms with Gasteiger partial charge in [0.05, 0.1) is 78.9 Å². The van der Waals surface area contributed by atoms with Crippen molar-refractivity contribution in [1.29, 1.82) is 0 Å². The average molecular weight is 1190 g/mol. The van der Waals surface area contributed by atoms with E-state index in [0.29, 0.717) is 13.2 Å². The molecule has 8 aromatic carbocycles. The van der Waals surface area contributed by atoms with Gasteiger partial charge in [0.15, 0.2) is 18.7 Å². The molecule has 0 aliphatic carbocycles. The zero-order valence-corrected chi connectivity index (χ0v) is 49.3. The summed E-state index contributed by atoms with van der Waals surface area (Å²) in [6.07, 6.45) is -9.28. The van der Waals surface area contributed by atoms with E-state index < -0.39 is 79.7 Å². The fraction of sp³-hybridized carbons (Fsp3) is 0.324. The van der Waals surface area contributed by atoms with Crippen molar-refractivity contribution in [3.8, 4) is 0 Å². The minimum absolute atomic E-state index is 0.00805. The highest BCUT2D eigenvalue weighted by molar-refractivity contribution is 5.20. The molecule has 0 saturated carbocycles. The van der Waals surface area contributed by atoms with Gasteiger partial charge in [-0.2, -0.15) is 0 Å². The predicted molar refractivity (Wildman–Crippen MR) is 330 cm³/mol. The van der Waals surface area contributed by atoms with Crippen LogP contribution in [0, 0.1) is 0 Å². The molecule has 458 valence electrons. The number of benzene rings is 8. The summed E-state index contributed by atoms with van der Waals surface area (Å²) < 4.78 is 90.2. The molecule has 3 aliphatic heterocycles. The molecule has 0 spiro atoms. The van der Waals surface area contributed by atoms with Crippen LogP contribution >= 0.6 is 0 Å². The summed E-state index contributed by atoms with van der Waals surface area (Å²) in [5.41, 5.74) is 7.55. The van der Waals surface area contributed by atoms with E-state index in [2.05, 4.69) is 0 Å². The van der Waals surface area contributed by atoms with Crippen molar-refractivity contribution in [2.24, 2.45) is 0 Å². The van der Waals surface area contributed by atoms with E-state index in [1.54, 1.807) is 6.26 Å². The third-order valence-corrected chi connectivity index (χ3v) is 15.6. The maximum atomic E-state index is 13.0. The fourth-order valence-corrected chi connectivity index (χ4v) is 11.0. The second-order valence-electron chi connectivity index (χ2n) is 22.1. The van der Waals surface area contributed by atoms with Gasteiger partial charge in [0.1, 0.15) is 61.0 Å². The molecule has 0 radical (unpaired) electrons. The summed E-state index contributed by atoms with van der Waals surface area (Å²) in [6.45, 7) is 1.94. The summed E-state index contributed by atoms with van der Waals surface area (Å²) in [5.74, 6) is 0. The monoisotopic (exact) mass is 1190 g/mol. The molecular weight excluding hydrogens is 1110 g/mol. The summed E-state index contributed by atoms with van der Waals surface area (Å²) in [7, 11) is 0. The van der Waals surface area contributed by atoms with Crippen LogP contribution in [0.15, 0.2) is 255 Å². The molecule has 2 saturated heterocycles. The van der Waals surface area contributed by atoms with Crippen LogP contribution in [0.2, 0.25) is 0 Å². The first kappa shape index (κ1) is 62.4. The largest absolute Gasteiger partial charge is 0.493 e. The van der Waals surface area contributed by atoms with Crippen LogP contribution in [0.25, 0.3) is 0 Å². The molecule has 8 aromatic rings. The lowest BCUT2D eigenvalue weighted by molar-refractivity contribution is -0.382. The molecule has 88 heavy (non-hydrogen) atoms. The normalized spacial score (nSPS) is 25.2. The highest BCUT2D eigenvalue weighted by Crippen LogP contribution is 2.38. The van der Waals surface area contributed by atoms with Crippen LogP contribution in [0.4, 0.5) is 0 Å². The first-order chi connectivity index (χ1) is 43.6. The second kappa shape index (κ2) is 33.4. The maximum absolute atomic E-state index is 13.0. The van der Waals surface area contributed by atoms with Crippen LogP contribution in [0.1, 0.15) is 44.5 Å². The third kappa shape index (κ3) is 18.2. The van der Waals surface area contributed by atoms with E-state index in [1.165, 1.54) is 0 Å². The van der Waals surface area contributed by atoms with Gasteiger partial charge in [-0.15, -0.1) is 0 Å². The molecule has 0 bridgehead atoms. The number of aliphatic hydroxyl groups excluding tert-OH is 1. The Morgan fingerprint density at radius 2 is 0.580 bits per heavy atom. The Balaban J connectivity index is 0.974. The molecule has 14 nitrogen and oxygen atoms in total. The number of aliphatic hydroxyl groups is 1. The van der Waals surface area contributed by atoms with Crippen molar-refractivity contribution in [3.63, 3.8) is 0 Å². The van der Waals surface area contributed by atoms with Gasteiger partial charge in [-0.3, -0.25) is 0 Å². The molecule has 2 fully saturated rings. The molecular formula is C74H78O14. The van der Waals surface area contributed by atoms with Gasteiger partial charge in [0, 0.05) is 0 Å². The van der Waals surface area contributed by atoms with E-state index in [0.717, 1.165) is 44.5 Å². The van der Waals surface area contributed by atoms with Gasteiger partial charge < -0.3 is 66.7 Å². The highest BCUT2D eigenvalue weighted by Gasteiger charge is 2.55. The SMILES string of the molecule is O[C@@H]1C(OCc2ccccc2)[C@@H](O[C@H]2C(COCc3ccccc3)O[C@@H](O[C@H]3C(OCc4ccccc4)C=COC3COCc3ccccc3)C(OCc3ccccc3)[C@H]2OCc2ccccc2)OC(COCc2ccccc2)[C@@H]1OCc1ccccc1. The van der Waals surface area contributed by atoms with E-state index in [-0.39, 0.29) is 59.5 Å². The minimum Gasteiger partial charge on any atom is -0.493 e. The number of ether oxygens (including phenoxy) is 13. The summed E-state index contributed by atoms with van der Waals surface area (Å²) in [6, 6.07) is 79.3. The maximum Gasteiger partial charge on any atom is 0.187 e. The molecule has 3 aliphatic rings. The Morgan fingerprint density at radius 1 is 0.284 bits per heavy atom. The summed E-state index contributed by atoms with van der Waals surface area (Å²) in [5, 5.41) is 13.0. The molecule has 0 aromatic heterocycles. The van der Waals surface area contributed by atoms with Crippen LogP contribution in [0.3, 0.4) is 0 Å². The van der Waals surface area contributed by atoms with Gasteiger partial charge in [0.2, 0.25) is 0 Å². The summed E-state index contributed by atoms with van der Waals surface area (Å²) >= 11 is 0. The fourth-order valence-electron chi connectivity index (χ4n) is 11.0. The van der Waals surface area contributed by atoms with E-state index in [4.69, 9.17) is 61.6 Å². The van der Waals surface area contributed by atoms with Crippen molar-refractivity contribution >= 4 is 0 Å². The molecule has 3 heterocycles. The van der Waals surface area contributed by atoms with Gasteiger partial charge in [-0.25, -0.2) is 0 Å². The Bertz CT molecular complexity index is 3210. The first-order valence-corrected chi connectivity index (χ1v) is 30.3. The Morgan fingerprint density at radius 3 is 0.977 bits per heavy atom. The molecule has 6 unspecified atom stereocenters. The Labute approximate surface area is 516 Å².